The normalized spacial score (nSPS) is 11.2. The number of hydrogen-bond donors (Lipinski definition) is 0. The third kappa shape index (κ3) is 3.50. The van der Waals surface area contributed by atoms with Crippen LogP contribution in [0.1, 0.15) is 11.3 Å². The number of aryl methyl sites for hydroxylation is 1. The minimum atomic E-state index is 1.00. The second kappa shape index (κ2) is 6.79. The number of benzene rings is 2. The molecule has 0 saturated heterocycles. The molecule has 3 rings (SSSR count). The monoisotopic (exact) mass is 464 g/mol. The summed E-state index contributed by atoms with van der Waals surface area (Å²) < 4.78 is 4.43. The highest BCUT2D eigenvalue weighted by Crippen LogP contribution is 2.21. The molecule has 0 fully saturated rings. The lowest BCUT2D eigenvalue weighted by Gasteiger charge is -2.06. The molecule has 2 aromatic carbocycles. The van der Waals surface area contributed by atoms with Gasteiger partial charge in [-0.25, -0.2) is 0 Å². The van der Waals surface area contributed by atoms with Gasteiger partial charge in [0.15, 0.2) is 0 Å². The highest BCUT2D eigenvalue weighted by Gasteiger charge is 2.02. The van der Waals surface area contributed by atoms with E-state index >= 15 is 0 Å². The summed E-state index contributed by atoms with van der Waals surface area (Å²) in [6.45, 7) is 2.09. The van der Waals surface area contributed by atoms with Crippen molar-refractivity contribution in [3.63, 3.8) is 0 Å². The van der Waals surface area contributed by atoms with Crippen LogP contribution in [0.4, 0.5) is 5.69 Å². The fourth-order valence-electron chi connectivity index (χ4n) is 2.24. The van der Waals surface area contributed by atoms with Gasteiger partial charge < -0.3 is 4.57 Å². The van der Waals surface area contributed by atoms with E-state index in [-0.39, 0.29) is 0 Å². The molecular formula is C18H14BrIN2. The quantitative estimate of drug-likeness (QED) is 0.339. The Morgan fingerprint density at radius 3 is 2.59 bits per heavy atom. The van der Waals surface area contributed by atoms with Gasteiger partial charge in [-0.2, -0.15) is 0 Å². The Kier molecular flexibility index (Phi) is 4.78. The van der Waals surface area contributed by atoms with E-state index in [9.17, 15) is 0 Å². The molecule has 0 N–H and O–H groups in total. The van der Waals surface area contributed by atoms with Crippen LogP contribution in [0.15, 0.2) is 70.3 Å². The summed E-state index contributed by atoms with van der Waals surface area (Å²) in [6.07, 6.45) is 3.96. The first-order valence-electron chi connectivity index (χ1n) is 6.87. The molecule has 0 aliphatic carbocycles. The zero-order chi connectivity index (χ0) is 15.5. The molecule has 1 aromatic heterocycles. The summed E-state index contributed by atoms with van der Waals surface area (Å²) in [5.41, 5.74) is 4.36. The second-order valence-corrected chi connectivity index (χ2v) is 7.13. The molecule has 3 aromatic rings. The van der Waals surface area contributed by atoms with Crippen LogP contribution in [-0.4, -0.2) is 10.8 Å². The SMILES string of the molecule is Cc1cc(I)ccc1N=Cc1cccn1-c1ccc(Br)cc1. The maximum absolute atomic E-state index is 4.63. The fraction of sp³-hybridized carbons (Fsp3) is 0.0556. The Morgan fingerprint density at radius 2 is 1.86 bits per heavy atom. The van der Waals surface area contributed by atoms with Crippen LogP contribution in [0.25, 0.3) is 5.69 Å². The minimum absolute atomic E-state index is 1.00. The molecule has 0 unspecified atom stereocenters. The lowest BCUT2D eigenvalue weighted by molar-refractivity contribution is 1.07. The van der Waals surface area contributed by atoms with Gasteiger partial charge in [-0.3, -0.25) is 4.99 Å². The predicted octanol–water partition coefficient (Wildman–Crippen LogP) is 5.90. The van der Waals surface area contributed by atoms with E-state index in [1.807, 2.05) is 30.6 Å². The van der Waals surface area contributed by atoms with E-state index in [2.05, 4.69) is 91.4 Å². The first kappa shape index (κ1) is 15.5. The van der Waals surface area contributed by atoms with Crippen LogP contribution in [-0.2, 0) is 0 Å². The molecule has 2 nitrogen and oxygen atoms in total. The van der Waals surface area contributed by atoms with Gasteiger partial charge in [0.1, 0.15) is 0 Å². The molecule has 0 amide bonds. The van der Waals surface area contributed by atoms with E-state index in [0.29, 0.717) is 0 Å². The largest absolute Gasteiger partial charge is 0.316 e. The van der Waals surface area contributed by atoms with Crippen molar-refractivity contribution in [2.45, 2.75) is 6.92 Å². The van der Waals surface area contributed by atoms with E-state index < -0.39 is 0 Å². The van der Waals surface area contributed by atoms with Crippen LogP contribution in [0.3, 0.4) is 0 Å². The summed E-state index contributed by atoms with van der Waals surface area (Å²) in [5, 5.41) is 0. The third-order valence-electron chi connectivity index (χ3n) is 3.38. The van der Waals surface area contributed by atoms with Crippen LogP contribution >= 0.6 is 38.5 Å². The number of aliphatic imine (C=N–C) groups is 1. The lowest BCUT2D eigenvalue weighted by Crippen LogP contribution is -1.97. The first-order chi connectivity index (χ1) is 10.6. The Balaban J connectivity index is 1.92. The van der Waals surface area contributed by atoms with Crippen molar-refractivity contribution in [3.05, 3.63) is 80.1 Å². The van der Waals surface area contributed by atoms with Crippen molar-refractivity contribution in [2.75, 3.05) is 0 Å². The van der Waals surface area contributed by atoms with E-state index in [0.717, 1.165) is 21.5 Å². The van der Waals surface area contributed by atoms with Gasteiger partial charge >= 0.3 is 0 Å². The van der Waals surface area contributed by atoms with E-state index in [4.69, 9.17) is 0 Å². The summed E-state index contributed by atoms with van der Waals surface area (Å²) in [5.74, 6) is 0. The Labute approximate surface area is 152 Å². The topological polar surface area (TPSA) is 17.3 Å². The lowest BCUT2D eigenvalue weighted by atomic mass is 10.2. The number of aromatic nitrogens is 1. The van der Waals surface area contributed by atoms with Crippen LogP contribution in [0, 0.1) is 10.5 Å². The zero-order valence-electron chi connectivity index (χ0n) is 12.0. The van der Waals surface area contributed by atoms with Crippen molar-refractivity contribution in [1.82, 2.24) is 4.57 Å². The number of hydrogen-bond acceptors (Lipinski definition) is 1. The van der Waals surface area contributed by atoms with Gasteiger partial charge in [0.05, 0.1) is 17.6 Å². The Morgan fingerprint density at radius 1 is 1.09 bits per heavy atom. The fourth-order valence-corrected chi connectivity index (χ4v) is 3.15. The van der Waals surface area contributed by atoms with Crippen molar-refractivity contribution in [3.8, 4) is 5.69 Å². The van der Waals surface area contributed by atoms with Crippen molar-refractivity contribution < 1.29 is 0 Å². The molecule has 110 valence electrons. The smallest absolute Gasteiger partial charge is 0.0660 e. The van der Waals surface area contributed by atoms with Gasteiger partial charge in [0, 0.05) is 19.9 Å². The molecule has 0 aliphatic heterocycles. The number of halogens is 2. The van der Waals surface area contributed by atoms with Gasteiger partial charge in [-0.15, -0.1) is 0 Å². The zero-order valence-corrected chi connectivity index (χ0v) is 15.7. The molecule has 0 bridgehead atoms. The van der Waals surface area contributed by atoms with Crippen LogP contribution < -0.4 is 0 Å². The standard InChI is InChI=1S/C18H14BrIN2/c1-13-11-15(20)6-9-18(13)21-12-17-3-2-10-22(17)16-7-4-14(19)5-8-16/h2-12H,1H3. The summed E-state index contributed by atoms with van der Waals surface area (Å²) in [6, 6.07) is 18.6. The molecule has 4 heteroatoms. The highest BCUT2D eigenvalue weighted by molar-refractivity contribution is 14.1. The number of nitrogens with zero attached hydrogens (tertiary/aromatic N) is 2. The molecule has 1 heterocycles. The van der Waals surface area contributed by atoms with Crippen molar-refractivity contribution in [2.24, 2.45) is 4.99 Å². The molecule has 0 radical (unpaired) electrons. The molecular weight excluding hydrogens is 451 g/mol. The minimum Gasteiger partial charge on any atom is -0.316 e. The Hall–Kier alpha value is -1.40. The Bertz CT molecular complexity index is 819. The summed E-state index contributed by atoms with van der Waals surface area (Å²) >= 11 is 5.78. The van der Waals surface area contributed by atoms with Gasteiger partial charge in [-0.05, 0) is 89.7 Å². The van der Waals surface area contributed by atoms with Crippen LogP contribution in [0.5, 0.6) is 0 Å². The van der Waals surface area contributed by atoms with E-state index in [1.54, 1.807) is 0 Å². The maximum Gasteiger partial charge on any atom is 0.0660 e. The molecule has 22 heavy (non-hydrogen) atoms. The summed E-state index contributed by atoms with van der Waals surface area (Å²) in [7, 11) is 0. The maximum atomic E-state index is 4.63. The van der Waals surface area contributed by atoms with E-state index in [1.165, 1.54) is 9.13 Å². The second-order valence-electron chi connectivity index (χ2n) is 4.97. The molecule has 0 saturated carbocycles. The highest BCUT2D eigenvalue weighted by atomic mass is 127. The molecule has 0 aliphatic rings. The average molecular weight is 465 g/mol. The summed E-state index contributed by atoms with van der Waals surface area (Å²) in [4.78, 5) is 4.63. The van der Waals surface area contributed by atoms with Gasteiger partial charge in [0.25, 0.3) is 0 Å². The predicted molar refractivity (Wildman–Crippen MR) is 105 cm³/mol. The average Bonchev–Trinajstić information content (AvgIpc) is 2.95. The van der Waals surface area contributed by atoms with Crippen molar-refractivity contribution >= 4 is 50.4 Å². The third-order valence-corrected chi connectivity index (χ3v) is 4.58. The van der Waals surface area contributed by atoms with Gasteiger partial charge in [0.2, 0.25) is 0 Å². The molecule has 0 spiro atoms. The first-order valence-corrected chi connectivity index (χ1v) is 8.74. The number of rotatable bonds is 3. The van der Waals surface area contributed by atoms with Crippen LogP contribution in [0.2, 0.25) is 0 Å². The molecule has 0 atom stereocenters. The van der Waals surface area contributed by atoms with Crippen molar-refractivity contribution in [1.29, 1.82) is 0 Å². The van der Waals surface area contributed by atoms with Gasteiger partial charge in [-0.1, -0.05) is 15.9 Å².